The molecule has 0 spiro atoms. The molecule has 0 unspecified atom stereocenters. The van der Waals surface area contributed by atoms with Gasteiger partial charge < -0.3 is 19.9 Å². The fraction of sp³-hybridized carbons (Fsp3) is 0.440. The summed E-state index contributed by atoms with van der Waals surface area (Å²) in [5.41, 5.74) is 3.73. The van der Waals surface area contributed by atoms with Gasteiger partial charge in [0.15, 0.2) is 5.96 Å². The van der Waals surface area contributed by atoms with E-state index in [-0.39, 0.29) is 5.41 Å². The molecule has 1 aliphatic rings. The summed E-state index contributed by atoms with van der Waals surface area (Å²) in [6.45, 7) is 6.33. The zero-order valence-electron chi connectivity index (χ0n) is 18.6. The lowest BCUT2D eigenvalue weighted by Crippen LogP contribution is -2.48. The van der Waals surface area contributed by atoms with E-state index in [9.17, 15) is 0 Å². The molecule has 3 aromatic rings. The van der Waals surface area contributed by atoms with Gasteiger partial charge in [0.25, 0.3) is 0 Å². The number of hydrogen-bond acceptors (Lipinski definition) is 3. The largest absolute Gasteiger partial charge is 0.381 e. The van der Waals surface area contributed by atoms with Gasteiger partial charge in [-0.3, -0.25) is 4.99 Å². The number of hydrogen-bond donors (Lipinski definition) is 2. The highest BCUT2D eigenvalue weighted by atomic mass is 16.5. The number of aromatic nitrogens is 2. The molecule has 4 rings (SSSR count). The number of rotatable bonds is 7. The summed E-state index contributed by atoms with van der Waals surface area (Å²) in [6.07, 6.45) is 3.04. The molecule has 0 aliphatic carbocycles. The smallest absolute Gasteiger partial charge is 0.191 e. The van der Waals surface area contributed by atoms with Crippen LogP contribution in [0.1, 0.15) is 30.7 Å². The molecule has 0 amide bonds. The summed E-state index contributed by atoms with van der Waals surface area (Å²) in [5, 5.41) is 7.06. The monoisotopic (exact) mass is 419 g/mol. The number of ether oxygens (including phenoxy) is 1. The van der Waals surface area contributed by atoms with Gasteiger partial charge in [-0.25, -0.2) is 4.98 Å². The first kappa shape index (κ1) is 21.4. The number of aryl methyl sites for hydroxylation is 2. The van der Waals surface area contributed by atoms with Crippen molar-refractivity contribution in [1.82, 2.24) is 20.2 Å². The Labute approximate surface area is 184 Å². The van der Waals surface area contributed by atoms with Crippen LogP contribution in [0.2, 0.25) is 0 Å². The molecule has 1 saturated heterocycles. The molecule has 0 bridgehead atoms. The van der Waals surface area contributed by atoms with E-state index in [4.69, 9.17) is 4.74 Å². The molecule has 2 N–H and O–H groups in total. The van der Waals surface area contributed by atoms with Crippen LogP contribution in [-0.2, 0) is 16.7 Å². The van der Waals surface area contributed by atoms with Crippen LogP contribution in [0.25, 0.3) is 11.0 Å². The average molecular weight is 420 g/mol. The second-order valence-corrected chi connectivity index (χ2v) is 8.26. The Morgan fingerprint density at radius 1 is 1.06 bits per heavy atom. The van der Waals surface area contributed by atoms with Gasteiger partial charge in [0, 0.05) is 45.3 Å². The van der Waals surface area contributed by atoms with Crippen molar-refractivity contribution in [2.45, 2.75) is 38.1 Å². The third-order valence-electron chi connectivity index (χ3n) is 6.35. The first-order chi connectivity index (χ1) is 15.2. The summed E-state index contributed by atoms with van der Waals surface area (Å²) in [5.74, 6) is 1.92. The number of nitrogens with one attached hydrogen (secondary N) is 2. The molecule has 1 aromatic heterocycles. The average Bonchev–Trinajstić information content (AvgIpc) is 3.14. The highest BCUT2D eigenvalue weighted by molar-refractivity contribution is 5.79. The Morgan fingerprint density at radius 2 is 1.81 bits per heavy atom. The maximum Gasteiger partial charge on any atom is 0.191 e. The Morgan fingerprint density at radius 3 is 2.58 bits per heavy atom. The zero-order valence-corrected chi connectivity index (χ0v) is 18.6. The normalized spacial score (nSPS) is 16.4. The lowest BCUT2D eigenvalue weighted by atomic mass is 9.74. The summed E-state index contributed by atoms with van der Waals surface area (Å²) < 4.78 is 7.94. The molecular formula is C25H33N5O. The topological polar surface area (TPSA) is 63.5 Å². The fourth-order valence-electron chi connectivity index (χ4n) is 4.52. The minimum atomic E-state index is 0.0873. The van der Waals surface area contributed by atoms with Gasteiger partial charge >= 0.3 is 0 Å². The van der Waals surface area contributed by atoms with Crippen molar-refractivity contribution < 1.29 is 4.74 Å². The molecule has 1 fully saturated rings. The molecule has 31 heavy (non-hydrogen) atoms. The second kappa shape index (κ2) is 9.96. The van der Waals surface area contributed by atoms with E-state index in [1.54, 1.807) is 0 Å². The number of nitrogens with zero attached hydrogens (tertiary/aromatic N) is 3. The van der Waals surface area contributed by atoms with Crippen LogP contribution in [0.3, 0.4) is 0 Å². The third-order valence-corrected chi connectivity index (χ3v) is 6.35. The molecule has 2 aromatic carbocycles. The summed E-state index contributed by atoms with van der Waals surface area (Å²) in [7, 11) is 1.84. The molecule has 0 atom stereocenters. The first-order valence-electron chi connectivity index (χ1n) is 11.2. The summed E-state index contributed by atoms with van der Waals surface area (Å²) in [6, 6.07) is 19.1. The Kier molecular flexibility index (Phi) is 6.87. The quantitative estimate of drug-likeness (QED) is 0.349. The molecule has 6 nitrogen and oxygen atoms in total. The van der Waals surface area contributed by atoms with Crippen molar-refractivity contribution in [3.05, 3.63) is 66.0 Å². The maximum absolute atomic E-state index is 5.65. The number of para-hydroxylation sites is 2. The van der Waals surface area contributed by atoms with Crippen LogP contribution in [0.5, 0.6) is 0 Å². The Hall–Kier alpha value is -2.86. The van der Waals surface area contributed by atoms with E-state index in [2.05, 4.69) is 80.6 Å². The molecule has 2 heterocycles. The van der Waals surface area contributed by atoms with E-state index in [1.807, 2.05) is 13.1 Å². The van der Waals surface area contributed by atoms with E-state index in [0.29, 0.717) is 0 Å². The summed E-state index contributed by atoms with van der Waals surface area (Å²) in [4.78, 5) is 9.10. The van der Waals surface area contributed by atoms with Crippen LogP contribution in [-0.4, -0.2) is 48.9 Å². The van der Waals surface area contributed by atoms with Gasteiger partial charge in [0.05, 0.1) is 11.0 Å². The van der Waals surface area contributed by atoms with Crippen LogP contribution in [0, 0.1) is 6.92 Å². The van der Waals surface area contributed by atoms with Gasteiger partial charge in [-0.15, -0.1) is 0 Å². The van der Waals surface area contributed by atoms with Crippen LogP contribution < -0.4 is 10.6 Å². The molecule has 164 valence electrons. The van der Waals surface area contributed by atoms with Gasteiger partial charge in [0.1, 0.15) is 5.82 Å². The standard InChI is InChI=1S/C25H33N5O/c1-20-29-22-11-6-7-12-23(22)30(20)16-8-15-27-24(26-2)28-19-25(13-17-31-18-14-25)21-9-4-3-5-10-21/h3-7,9-12H,8,13-19H2,1-2H3,(H2,26,27,28). The molecule has 1 aliphatic heterocycles. The van der Waals surface area contributed by atoms with Crippen LogP contribution >= 0.6 is 0 Å². The van der Waals surface area contributed by atoms with E-state index < -0.39 is 0 Å². The lowest BCUT2D eigenvalue weighted by molar-refractivity contribution is 0.0514. The number of fused-ring (bicyclic) bond motifs is 1. The van der Waals surface area contributed by atoms with Crippen LogP contribution in [0.15, 0.2) is 59.6 Å². The van der Waals surface area contributed by atoms with Crippen molar-refractivity contribution in [1.29, 1.82) is 0 Å². The van der Waals surface area contributed by atoms with Crippen molar-refractivity contribution in [3.63, 3.8) is 0 Å². The van der Waals surface area contributed by atoms with E-state index >= 15 is 0 Å². The zero-order chi connectivity index (χ0) is 21.5. The Bertz CT molecular complexity index is 1010. The molecule has 0 saturated carbocycles. The van der Waals surface area contributed by atoms with Crippen molar-refractivity contribution in [3.8, 4) is 0 Å². The van der Waals surface area contributed by atoms with Crippen molar-refractivity contribution >= 4 is 17.0 Å². The maximum atomic E-state index is 5.65. The van der Waals surface area contributed by atoms with Crippen LogP contribution in [0.4, 0.5) is 0 Å². The van der Waals surface area contributed by atoms with E-state index in [0.717, 1.165) is 69.4 Å². The predicted molar refractivity (Wildman–Crippen MR) is 127 cm³/mol. The molecule has 0 radical (unpaired) electrons. The number of guanidine groups is 1. The second-order valence-electron chi connectivity index (χ2n) is 8.26. The first-order valence-corrected chi connectivity index (χ1v) is 11.2. The van der Waals surface area contributed by atoms with Crippen molar-refractivity contribution in [2.24, 2.45) is 4.99 Å². The number of aliphatic imine (C=N–C) groups is 1. The van der Waals surface area contributed by atoms with E-state index in [1.165, 1.54) is 11.1 Å². The third kappa shape index (κ3) is 4.90. The minimum absolute atomic E-state index is 0.0873. The lowest BCUT2D eigenvalue weighted by Gasteiger charge is -2.38. The fourth-order valence-corrected chi connectivity index (χ4v) is 4.52. The Balaban J connectivity index is 1.32. The SMILES string of the molecule is CN=C(NCCCn1c(C)nc2ccccc21)NCC1(c2ccccc2)CCOCC1. The van der Waals surface area contributed by atoms with Gasteiger partial charge in [-0.1, -0.05) is 42.5 Å². The highest BCUT2D eigenvalue weighted by Crippen LogP contribution is 2.34. The molecular weight excluding hydrogens is 386 g/mol. The molecule has 6 heteroatoms. The summed E-state index contributed by atoms with van der Waals surface area (Å²) >= 11 is 0. The minimum Gasteiger partial charge on any atom is -0.381 e. The van der Waals surface area contributed by atoms with Gasteiger partial charge in [-0.2, -0.15) is 0 Å². The number of benzene rings is 2. The van der Waals surface area contributed by atoms with Gasteiger partial charge in [-0.05, 0) is 43.9 Å². The van der Waals surface area contributed by atoms with Gasteiger partial charge in [0.2, 0.25) is 0 Å². The predicted octanol–water partition coefficient (Wildman–Crippen LogP) is 3.65. The highest BCUT2D eigenvalue weighted by Gasteiger charge is 2.34. The van der Waals surface area contributed by atoms with Crippen molar-refractivity contribution in [2.75, 3.05) is 33.4 Å². The number of imidazole rings is 1.